The van der Waals surface area contributed by atoms with Crippen LogP contribution in [0.1, 0.15) is 0 Å². The molecule has 0 unspecified atom stereocenters. The third kappa shape index (κ3) is 1.34. The summed E-state index contributed by atoms with van der Waals surface area (Å²) in [5.74, 6) is 0.631. The lowest BCUT2D eigenvalue weighted by Crippen LogP contribution is -2.12. The first kappa shape index (κ1) is 8.74. The Morgan fingerprint density at radius 3 is 2.79 bits per heavy atom. The summed E-state index contributed by atoms with van der Waals surface area (Å²) in [5, 5.41) is 0. The number of methoxy groups -OCH3 is 1. The van der Waals surface area contributed by atoms with Gasteiger partial charge in [-0.05, 0) is 0 Å². The van der Waals surface area contributed by atoms with Gasteiger partial charge >= 0.3 is 0 Å². The Bertz CT molecular complexity index is 450. The van der Waals surface area contributed by atoms with Crippen molar-refractivity contribution < 1.29 is 4.74 Å². The third-order valence-corrected chi connectivity index (χ3v) is 1.80. The van der Waals surface area contributed by atoms with E-state index in [9.17, 15) is 0 Å². The first-order valence-electron chi connectivity index (χ1n) is 4.15. The molecule has 74 valence electrons. The highest BCUT2D eigenvalue weighted by Crippen LogP contribution is 2.14. The van der Waals surface area contributed by atoms with E-state index in [1.165, 1.54) is 0 Å². The van der Waals surface area contributed by atoms with Crippen LogP contribution in [0.25, 0.3) is 11.2 Å². The fraction of sp³-hybridized carbons (Fsp3) is 0.375. The van der Waals surface area contributed by atoms with Gasteiger partial charge < -0.3 is 14.6 Å². The number of aromatic nitrogens is 4. The van der Waals surface area contributed by atoms with E-state index in [4.69, 9.17) is 4.74 Å². The van der Waals surface area contributed by atoms with Crippen molar-refractivity contribution in [2.45, 2.75) is 0 Å². The van der Waals surface area contributed by atoms with Crippen molar-refractivity contribution in [3.63, 3.8) is 0 Å². The van der Waals surface area contributed by atoms with Crippen LogP contribution in [0, 0.1) is 0 Å². The average molecular weight is 193 g/mol. The average Bonchev–Trinajstić information content (AvgIpc) is 2.58. The highest BCUT2D eigenvalue weighted by molar-refractivity contribution is 5.71. The molecular weight excluding hydrogens is 182 g/mol. The first-order valence-corrected chi connectivity index (χ1v) is 4.15. The molecule has 0 aliphatic carbocycles. The van der Waals surface area contributed by atoms with E-state index >= 15 is 0 Å². The highest BCUT2D eigenvalue weighted by Gasteiger charge is 2.06. The number of aromatic amines is 1. The summed E-state index contributed by atoms with van der Waals surface area (Å²) in [4.78, 5) is 17.3. The van der Waals surface area contributed by atoms with Gasteiger partial charge in [0.1, 0.15) is 5.52 Å². The van der Waals surface area contributed by atoms with Gasteiger partial charge in [0, 0.05) is 14.1 Å². The number of rotatable bonds is 2. The topological polar surface area (TPSA) is 66.9 Å². The molecule has 0 spiro atoms. The molecule has 0 saturated heterocycles. The molecule has 0 bridgehead atoms. The fourth-order valence-corrected chi connectivity index (χ4v) is 1.09. The summed E-state index contributed by atoms with van der Waals surface area (Å²) in [7, 11) is 5.31. The second-order valence-electron chi connectivity index (χ2n) is 3.05. The van der Waals surface area contributed by atoms with Crippen molar-refractivity contribution in [2.24, 2.45) is 0 Å². The van der Waals surface area contributed by atoms with E-state index < -0.39 is 0 Å². The predicted octanol–water partition coefficient (Wildman–Crippen LogP) is 0.427. The smallest absolute Gasteiger partial charge is 0.295 e. The number of ether oxygens (including phenoxy) is 1. The molecule has 0 amide bonds. The molecule has 0 aromatic carbocycles. The van der Waals surface area contributed by atoms with Crippen LogP contribution >= 0.6 is 0 Å². The van der Waals surface area contributed by atoms with E-state index in [2.05, 4.69) is 19.9 Å². The number of H-pyrrole nitrogens is 1. The molecule has 1 N–H and O–H groups in total. The molecule has 6 nitrogen and oxygen atoms in total. The van der Waals surface area contributed by atoms with E-state index in [0.717, 1.165) is 5.52 Å². The van der Waals surface area contributed by atoms with Crippen LogP contribution in [-0.2, 0) is 0 Å². The van der Waals surface area contributed by atoms with Crippen LogP contribution in [0.5, 0.6) is 6.01 Å². The zero-order valence-corrected chi connectivity index (χ0v) is 8.27. The molecule has 0 aliphatic heterocycles. The van der Waals surface area contributed by atoms with Crippen molar-refractivity contribution in [1.29, 1.82) is 0 Å². The van der Waals surface area contributed by atoms with E-state index in [0.29, 0.717) is 17.6 Å². The lowest BCUT2D eigenvalue weighted by Gasteiger charge is -2.07. The molecule has 2 rings (SSSR count). The number of fused-ring (bicyclic) bond motifs is 1. The van der Waals surface area contributed by atoms with Crippen molar-refractivity contribution >= 4 is 17.1 Å². The Kier molecular flexibility index (Phi) is 1.95. The largest absolute Gasteiger partial charge is 0.468 e. The Balaban J connectivity index is 2.54. The maximum absolute atomic E-state index is 4.95. The molecule has 14 heavy (non-hydrogen) atoms. The Hall–Kier alpha value is -1.85. The quantitative estimate of drug-likeness (QED) is 0.749. The molecule has 6 heteroatoms. The van der Waals surface area contributed by atoms with Crippen molar-refractivity contribution in [1.82, 2.24) is 19.9 Å². The summed E-state index contributed by atoms with van der Waals surface area (Å²) in [6, 6.07) is 0.449. The van der Waals surface area contributed by atoms with Gasteiger partial charge in [-0.1, -0.05) is 0 Å². The molecule has 0 radical (unpaired) electrons. The molecule has 2 heterocycles. The molecule has 2 aromatic rings. The maximum Gasteiger partial charge on any atom is 0.295 e. The van der Waals surface area contributed by atoms with Crippen LogP contribution < -0.4 is 9.64 Å². The van der Waals surface area contributed by atoms with Gasteiger partial charge in [-0.15, -0.1) is 0 Å². The van der Waals surface area contributed by atoms with Crippen molar-refractivity contribution in [3.05, 3.63) is 6.20 Å². The maximum atomic E-state index is 4.95. The van der Waals surface area contributed by atoms with Gasteiger partial charge in [0.25, 0.3) is 6.01 Å². The molecule has 0 saturated carbocycles. The minimum absolute atomic E-state index is 0.449. The SMILES string of the molecule is COc1nc2nc(N(C)C)ncc2[nH]1. The summed E-state index contributed by atoms with van der Waals surface area (Å²) in [5.41, 5.74) is 1.38. The Morgan fingerprint density at radius 1 is 1.36 bits per heavy atom. The molecule has 0 atom stereocenters. The summed E-state index contributed by atoms with van der Waals surface area (Å²) < 4.78 is 4.95. The number of hydrogen-bond acceptors (Lipinski definition) is 5. The van der Waals surface area contributed by atoms with Crippen LogP contribution in [0.4, 0.5) is 5.95 Å². The van der Waals surface area contributed by atoms with Gasteiger partial charge in [-0.25, -0.2) is 4.98 Å². The first-order chi connectivity index (χ1) is 6.70. The molecular formula is C8H11N5O. The minimum Gasteiger partial charge on any atom is -0.468 e. The normalized spacial score (nSPS) is 10.5. The second kappa shape index (κ2) is 3.13. The highest BCUT2D eigenvalue weighted by atomic mass is 16.5. The summed E-state index contributed by atoms with van der Waals surface area (Å²) in [6.45, 7) is 0. The zero-order valence-electron chi connectivity index (χ0n) is 8.27. The Labute approximate surface area is 80.9 Å². The number of nitrogens with one attached hydrogen (secondary N) is 1. The van der Waals surface area contributed by atoms with Crippen molar-refractivity contribution in [3.8, 4) is 6.01 Å². The zero-order chi connectivity index (χ0) is 10.1. The molecule has 0 aliphatic rings. The van der Waals surface area contributed by atoms with E-state index in [1.807, 2.05) is 19.0 Å². The van der Waals surface area contributed by atoms with Gasteiger partial charge in [0.2, 0.25) is 5.95 Å². The lowest BCUT2D eigenvalue weighted by atomic mass is 10.5. The standard InChI is InChI=1S/C8H11N5O/c1-13(2)7-9-4-5-6(11-7)12-8(10-5)14-3/h4H,1-3H3,(H,9,10,11,12). The molecule has 0 fully saturated rings. The predicted molar refractivity (Wildman–Crippen MR) is 52.6 cm³/mol. The summed E-state index contributed by atoms with van der Waals surface area (Å²) >= 11 is 0. The Morgan fingerprint density at radius 2 is 2.14 bits per heavy atom. The molecule has 2 aromatic heterocycles. The fourth-order valence-electron chi connectivity index (χ4n) is 1.09. The number of imidazole rings is 1. The van der Waals surface area contributed by atoms with Crippen LogP contribution in [0.15, 0.2) is 6.20 Å². The monoisotopic (exact) mass is 193 g/mol. The van der Waals surface area contributed by atoms with Gasteiger partial charge in [-0.2, -0.15) is 9.97 Å². The van der Waals surface area contributed by atoms with Gasteiger partial charge in [0.15, 0.2) is 5.65 Å². The van der Waals surface area contributed by atoms with Gasteiger partial charge in [-0.3, -0.25) is 0 Å². The van der Waals surface area contributed by atoms with Crippen molar-refractivity contribution in [2.75, 3.05) is 26.1 Å². The number of anilines is 1. The van der Waals surface area contributed by atoms with Crippen LogP contribution in [0.3, 0.4) is 0 Å². The number of hydrogen-bond donors (Lipinski definition) is 1. The third-order valence-electron chi connectivity index (χ3n) is 1.80. The van der Waals surface area contributed by atoms with Crippen LogP contribution in [0.2, 0.25) is 0 Å². The van der Waals surface area contributed by atoms with Crippen LogP contribution in [-0.4, -0.2) is 41.1 Å². The number of nitrogens with zero attached hydrogens (tertiary/aromatic N) is 4. The van der Waals surface area contributed by atoms with E-state index in [1.54, 1.807) is 13.3 Å². The van der Waals surface area contributed by atoms with Gasteiger partial charge in [0.05, 0.1) is 13.3 Å². The summed E-state index contributed by atoms with van der Waals surface area (Å²) in [6.07, 6.45) is 1.69. The van der Waals surface area contributed by atoms with E-state index in [-0.39, 0.29) is 0 Å². The lowest BCUT2D eigenvalue weighted by molar-refractivity contribution is 0.386. The minimum atomic E-state index is 0.449. The second-order valence-corrected chi connectivity index (χ2v) is 3.05.